The van der Waals surface area contributed by atoms with Crippen LogP contribution in [0, 0.1) is 0 Å². The SMILES string of the molecule is CC1(OCO)CCCC1N(F)F. The van der Waals surface area contributed by atoms with Crippen LogP contribution in [0.3, 0.4) is 0 Å². The molecule has 0 heterocycles. The van der Waals surface area contributed by atoms with Crippen LogP contribution in [0.25, 0.3) is 0 Å². The fourth-order valence-corrected chi connectivity index (χ4v) is 1.74. The van der Waals surface area contributed by atoms with Gasteiger partial charge in [0.05, 0.1) is 5.60 Å². The number of aliphatic hydroxyl groups excluding tert-OH is 1. The minimum atomic E-state index is -0.891. The summed E-state index contributed by atoms with van der Waals surface area (Å²) in [4.78, 5) is 0. The van der Waals surface area contributed by atoms with Gasteiger partial charge in [0, 0.05) is 5.34 Å². The maximum Gasteiger partial charge on any atom is 0.144 e. The van der Waals surface area contributed by atoms with Gasteiger partial charge < -0.3 is 9.84 Å². The number of hydrogen-bond donors (Lipinski definition) is 1. The Bertz CT molecular complexity index is 156. The summed E-state index contributed by atoms with van der Waals surface area (Å²) < 4.78 is 29.4. The molecule has 2 atom stereocenters. The van der Waals surface area contributed by atoms with Crippen molar-refractivity contribution in [3.8, 4) is 0 Å². The van der Waals surface area contributed by atoms with Crippen LogP contribution in [0.4, 0.5) is 8.96 Å². The van der Waals surface area contributed by atoms with Gasteiger partial charge in [-0.1, -0.05) is 0 Å². The first kappa shape index (κ1) is 9.83. The van der Waals surface area contributed by atoms with E-state index in [1.807, 2.05) is 0 Å². The molecule has 0 amide bonds. The third-order valence-electron chi connectivity index (χ3n) is 2.49. The lowest BCUT2D eigenvalue weighted by Crippen LogP contribution is -2.43. The van der Waals surface area contributed by atoms with Gasteiger partial charge in [-0.2, -0.15) is 0 Å². The van der Waals surface area contributed by atoms with Gasteiger partial charge in [-0.15, -0.1) is 8.96 Å². The van der Waals surface area contributed by atoms with Crippen LogP contribution >= 0.6 is 0 Å². The highest BCUT2D eigenvalue weighted by atomic mass is 19.4. The zero-order valence-electron chi connectivity index (χ0n) is 6.96. The smallest absolute Gasteiger partial charge is 0.144 e. The maximum absolute atomic E-state index is 12.2. The Morgan fingerprint density at radius 3 is 2.83 bits per heavy atom. The van der Waals surface area contributed by atoms with Gasteiger partial charge in [-0.25, -0.2) is 0 Å². The van der Waals surface area contributed by atoms with Gasteiger partial charge in [0.25, 0.3) is 0 Å². The topological polar surface area (TPSA) is 32.7 Å². The Kier molecular flexibility index (Phi) is 2.98. The van der Waals surface area contributed by atoms with E-state index in [0.29, 0.717) is 19.3 Å². The summed E-state index contributed by atoms with van der Waals surface area (Å²) in [6.45, 7) is 1.11. The number of halogens is 2. The van der Waals surface area contributed by atoms with Gasteiger partial charge in [-0.05, 0) is 26.2 Å². The average Bonchev–Trinajstić information content (AvgIpc) is 2.32. The summed E-state index contributed by atoms with van der Waals surface area (Å²) in [5.41, 5.74) is -0.891. The van der Waals surface area contributed by atoms with E-state index >= 15 is 0 Å². The highest BCUT2D eigenvalue weighted by molar-refractivity contribution is 4.93. The number of rotatable bonds is 3. The number of aliphatic hydroxyl groups is 1. The van der Waals surface area contributed by atoms with E-state index in [0.717, 1.165) is 0 Å². The molecule has 1 N–H and O–H groups in total. The predicted octanol–water partition coefficient (Wildman–Crippen LogP) is 1.33. The zero-order chi connectivity index (χ0) is 9.19. The van der Waals surface area contributed by atoms with Crippen LogP contribution in [0.2, 0.25) is 0 Å². The molecule has 1 saturated carbocycles. The first-order chi connectivity index (χ1) is 5.60. The lowest BCUT2D eigenvalue weighted by molar-refractivity contribution is -0.241. The van der Waals surface area contributed by atoms with E-state index in [1.165, 1.54) is 0 Å². The highest BCUT2D eigenvalue weighted by Crippen LogP contribution is 2.36. The monoisotopic (exact) mass is 181 g/mol. The third kappa shape index (κ3) is 1.73. The summed E-state index contributed by atoms with van der Waals surface area (Å²) in [7, 11) is 0. The fourth-order valence-electron chi connectivity index (χ4n) is 1.74. The Morgan fingerprint density at radius 2 is 2.33 bits per heavy atom. The molecule has 3 nitrogen and oxygen atoms in total. The Balaban J connectivity index is 2.60. The fraction of sp³-hybridized carbons (Fsp3) is 1.00. The standard InChI is InChI=1S/C7H13F2NO2/c1-7(12-5-11)4-2-3-6(7)10(8)9/h6,11H,2-5H2,1H3. The molecule has 0 aliphatic heterocycles. The second-order valence-corrected chi connectivity index (χ2v) is 3.25. The summed E-state index contributed by atoms with van der Waals surface area (Å²) in [5.74, 6) is 0. The first-order valence-corrected chi connectivity index (χ1v) is 3.96. The third-order valence-corrected chi connectivity index (χ3v) is 2.49. The summed E-state index contributed by atoms with van der Waals surface area (Å²) in [6.07, 6.45) is 1.71. The second-order valence-electron chi connectivity index (χ2n) is 3.25. The van der Waals surface area contributed by atoms with Crippen LogP contribution in [0.15, 0.2) is 0 Å². The van der Waals surface area contributed by atoms with E-state index < -0.39 is 23.8 Å². The molecular weight excluding hydrogens is 168 g/mol. The lowest BCUT2D eigenvalue weighted by Gasteiger charge is -2.30. The number of ether oxygens (including phenoxy) is 1. The van der Waals surface area contributed by atoms with E-state index in [-0.39, 0.29) is 0 Å². The Morgan fingerprint density at radius 1 is 1.67 bits per heavy atom. The van der Waals surface area contributed by atoms with Crippen LogP contribution < -0.4 is 0 Å². The molecule has 0 bridgehead atoms. The normalized spacial score (nSPS) is 36.2. The molecule has 1 aliphatic carbocycles. The quantitative estimate of drug-likeness (QED) is 0.526. The second kappa shape index (κ2) is 3.64. The van der Waals surface area contributed by atoms with Gasteiger partial charge in [0.2, 0.25) is 0 Å². The predicted molar refractivity (Wildman–Crippen MR) is 38.3 cm³/mol. The molecule has 0 saturated heterocycles. The molecular formula is C7H13F2NO2. The van der Waals surface area contributed by atoms with Crippen molar-refractivity contribution in [3.63, 3.8) is 0 Å². The molecule has 2 unspecified atom stereocenters. The lowest BCUT2D eigenvalue weighted by atomic mass is 10.0. The molecule has 12 heavy (non-hydrogen) atoms. The van der Waals surface area contributed by atoms with E-state index in [4.69, 9.17) is 9.84 Å². The van der Waals surface area contributed by atoms with Crippen LogP contribution in [-0.2, 0) is 4.74 Å². The molecule has 0 aromatic heterocycles. The zero-order valence-corrected chi connectivity index (χ0v) is 6.96. The van der Waals surface area contributed by atoms with Crippen LogP contribution in [0.1, 0.15) is 26.2 Å². The van der Waals surface area contributed by atoms with E-state index in [9.17, 15) is 8.96 Å². The van der Waals surface area contributed by atoms with Crippen LogP contribution in [0.5, 0.6) is 0 Å². The summed E-state index contributed by atoms with van der Waals surface area (Å²) in [6, 6.07) is -0.885. The number of hydrogen-bond acceptors (Lipinski definition) is 3. The molecule has 0 spiro atoms. The van der Waals surface area contributed by atoms with Gasteiger partial charge >= 0.3 is 0 Å². The maximum atomic E-state index is 12.2. The van der Waals surface area contributed by atoms with E-state index in [1.54, 1.807) is 6.92 Å². The summed E-state index contributed by atoms with van der Waals surface area (Å²) in [5, 5.41) is 7.69. The molecule has 0 aromatic carbocycles. The van der Waals surface area contributed by atoms with Crippen molar-refractivity contribution in [1.29, 1.82) is 0 Å². The molecule has 72 valence electrons. The minimum Gasteiger partial charge on any atom is -0.371 e. The van der Waals surface area contributed by atoms with Crippen molar-refractivity contribution in [1.82, 2.24) is 5.34 Å². The molecule has 1 aliphatic rings. The molecule has 1 rings (SSSR count). The highest BCUT2D eigenvalue weighted by Gasteiger charge is 2.44. The van der Waals surface area contributed by atoms with Crippen molar-refractivity contribution >= 4 is 0 Å². The largest absolute Gasteiger partial charge is 0.371 e. The number of nitrogens with zero attached hydrogens (tertiary/aromatic N) is 1. The summed E-state index contributed by atoms with van der Waals surface area (Å²) >= 11 is 0. The molecule has 5 heteroatoms. The average molecular weight is 181 g/mol. The minimum absolute atomic E-state index is 0.420. The van der Waals surface area contributed by atoms with Gasteiger partial charge in [0.15, 0.2) is 0 Å². The van der Waals surface area contributed by atoms with Gasteiger partial charge in [-0.3, -0.25) is 0 Å². The Labute approximate surface area is 69.8 Å². The first-order valence-electron chi connectivity index (χ1n) is 3.96. The van der Waals surface area contributed by atoms with Crippen molar-refractivity contribution in [2.45, 2.75) is 37.8 Å². The molecule has 0 aromatic rings. The van der Waals surface area contributed by atoms with Crippen molar-refractivity contribution in [2.75, 3.05) is 6.79 Å². The van der Waals surface area contributed by atoms with Crippen molar-refractivity contribution < 1.29 is 18.8 Å². The van der Waals surface area contributed by atoms with Gasteiger partial charge in [0.1, 0.15) is 12.8 Å². The molecule has 0 radical (unpaired) electrons. The van der Waals surface area contributed by atoms with Crippen molar-refractivity contribution in [2.24, 2.45) is 0 Å². The molecule has 1 fully saturated rings. The van der Waals surface area contributed by atoms with Crippen LogP contribution in [-0.4, -0.2) is 28.9 Å². The Hall–Kier alpha value is -0.260. The van der Waals surface area contributed by atoms with Crippen molar-refractivity contribution in [3.05, 3.63) is 0 Å². The van der Waals surface area contributed by atoms with E-state index in [2.05, 4.69) is 0 Å².